The summed E-state index contributed by atoms with van der Waals surface area (Å²) < 4.78 is 0. The number of benzene rings is 1. The highest BCUT2D eigenvalue weighted by atomic mass is 35.5. The number of halogens is 1. The van der Waals surface area contributed by atoms with E-state index >= 15 is 0 Å². The van der Waals surface area contributed by atoms with E-state index in [2.05, 4.69) is 30.4 Å². The molecule has 2 atom stereocenters. The lowest BCUT2D eigenvalue weighted by atomic mass is 10.1. The third-order valence-corrected chi connectivity index (χ3v) is 4.02. The SMILES string of the molecule is Cc1cccc(CCC(=O)NC2CCCC2Cl)c1. The fraction of sp³-hybridized carbons (Fsp3) is 0.533. The van der Waals surface area contributed by atoms with Crippen molar-refractivity contribution in [3.05, 3.63) is 35.4 Å². The third kappa shape index (κ3) is 3.74. The Balaban J connectivity index is 1.78. The van der Waals surface area contributed by atoms with Crippen LogP contribution >= 0.6 is 11.6 Å². The van der Waals surface area contributed by atoms with Gasteiger partial charge in [-0.2, -0.15) is 0 Å². The topological polar surface area (TPSA) is 29.1 Å². The fourth-order valence-corrected chi connectivity index (χ4v) is 2.83. The maximum Gasteiger partial charge on any atom is 0.220 e. The number of amides is 1. The standard InChI is InChI=1S/C15H20ClNO/c1-11-4-2-5-12(10-11)8-9-15(18)17-14-7-3-6-13(14)16/h2,4-5,10,13-14H,3,6-9H2,1H3,(H,17,18). The average molecular weight is 266 g/mol. The van der Waals surface area contributed by atoms with E-state index in [4.69, 9.17) is 11.6 Å². The first-order valence-electron chi connectivity index (χ1n) is 6.64. The highest BCUT2D eigenvalue weighted by Gasteiger charge is 2.26. The zero-order valence-corrected chi connectivity index (χ0v) is 11.5. The van der Waals surface area contributed by atoms with Crippen LogP contribution in [-0.4, -0.2) is 17.3 Å². The summed E-state index contributed by atoms with van der Waals surface area (Å²) in [5.74, 6) is 0.119. The summed E-state index contributed by atoms with van der Waals surface area (Å²) in [6, 6.07) is 8.48. The molecule has 0 aliphatic heterocycles. The van der Waals surface area contributed by atoms with Gasteiger partial charge in [0.05, 0.1) is 5.38 Å². The van der Waals surface area contributed by atoms with Gasteiger partial charge in [-0.3, -0.25) is 4.79 Å². The Hall–Kier alpha value is -1.02. The fourth-order valence-electron chi connectivity index (χ4n) is 2.48. The molecule has 0 bridgehead atoms. The minimum absolute atomic E-state index is 0.118. The molecule has 2 unspecified atom stereocenters. The Morgan fingerprint density at radius 1 is 1.44 bits per heavy atom. The first kappa shape index (κ1) is 13.4. The summed E-state index contributed by atoms with van der Waals surface area (Å²) in [6.45, 7) is 2.07. The molecule has 2 rings (SSSR count). The lowest BCUT2D eigenvalue weighted by molar-refractivity contribution is -0.121. The van der Waals surface area contributed by atoms with Gasteiger partial charge in [-0.05, 0) is 38.2 Å². The van der Waals surface area contributed by atoms with Crippen LogP contribution in [0.15, 0.2) is 24.3 Å². The first-order chi connectivity index (χ1) is 8.65. The predicted molar refractivity (Wildman–Crippen MR) is 74.9 cm³/mol. The van der Waals surface area contributed by atoms with E-state index in [0.717, 1.165) is 25.7 Å². The minimum atomic E-state index is 0.118. The largest absolute Gasteiger partial charge is 0.352 e. The number of alkyl halides is 1. The maximum atomic E-state index is 11.8. The summed E-state index contributed by atoms with van der Waals surface area (Å²) in [4.78, 5) is 11.8. The van der Waals surface area contributed by atoms with Crippen molar-refractivity contribution in [2.75, 3.05) is 0 Å². The van der Waals surface area contributed by atoms with Crippen molar-refractivity contribution in [2.45, 2.75) is 50.4 Å². The number of nitrogens with one attached hydrogen (secondary N) is 1. The van der Waals surface area contributed by atoms with Crippen LogP contribution in [0.25, 0.3) is 0 Å². The Bertz CT molecular complexity index is 419. The van der Waals surface area contributed by atoms with Crippen LogP contribution in [0.3, 0.4) is 0 Å². The van der Waals surface area contributed by atoms with E-state index in [1.807, 2.05) is 6.07 Å². The number of carbonyl (C=O) groups is 1. The second-order valence-electron chi connectivity index (χ2n) is 5.11. The molecule has 1 N–H and O–H groups in total. The number of hydrogen-bond donors (Lipinski definition) is 1. The van der Waals surface area contributed by atoms with Crippen molar-refractivity contribution in [3.8, 4) is 0 Å². The summed E-state index contributed by atoms with van der Waals surface area (Å²) >= 11 is 6.15. The van der Waals surface area contributed by atoms with E-state index in [-0.39, 0.29) is 17.3 Å². The predicted octanol–water partition coefficient (Wildman–Crippen LogP) is 3.20. The molecule has 0 radical (unpaired) electrons. The summed E-state index contributed by atoms with van der Waals surface area (Å²) in [6.07, 6.45) is 4.50. The normalized spacial score (nSPS) is 23.0. The zero-order valence-electron chi connectivity index (χ0n) is 10.8. The molecule has 1 fully saturated rings. The molecule has 0 heterocycles. The number of hydrogen-bond acceptors (Lipinski definition) is 1. The lowest BCUT2D eigenvalue weighted by Gasteiger charge is -2.15. The molecular weight excluding hydrogens is 246 g/mol. The third-order valence-electron chi connectivity index (χ3n) is 3.50. The van der Waals surface area contributed by atoms with Gasteiger partial charge in [0, 0.05) is 12.5 Å². The van der Waals surface area contributed by atoms with Crippen LogP contribution in [0, 0.1) is 6.92 Å². The number of aryl methyl sites for hydroxylation is 2. The molecule has 3 heteroatoms. The molecule has 18 heavy (non-hydrogen) atoms. The maximum absolute atomic E-state index is 11.8. The second kappa shape index (κ2) is 6.24. The van der Waals surface area contributed by atoms with Gasteiger partial charge in [0.1, 0.15) is 0 Å². The van der Waals surface area contributed by atoms with Crippen molar-refractivity contribution in [1.29, 1.82) is 0 Å². The number of carbonyl (C=O) groups excluding carboxylic acids is 1. The molecule has 1 aliphatic carbocycles. The summed E-state index contributed by atoms with van der Waals surface area (Å²) in [5, 5.41) is 3.16. The van der Waals surface area contributed by atoms with Crippen LogP contribution in [0.4, 0.5) is 0 Å². The van der Waals surface area contributed by atoms with Crippen molar-refractivity contribution in [2.24, 2.45) is 0 Å². The Morgan fingerprint density at radius 3 is 2.94 bits per heavy atom. The first-order valence-corrected chi connectivity index (χ1v) is 7.08. The molecule has 2 nitrogen and oxygen atoms in total. The minimum Gasteiger partial charge on any atom is -0.352 e. The number of rotatable bonds is 4. The Morgan fingerprint density at radius 2 is 2.28 bits per heavy atom. The van der Waals surface area contributed by atoms with Gasteiger partial charge >= 0.3 is 0 Å². The Labute approximate surface area is 114 Å². The molecule has 1 aliphatic rings. The van der Waals surface area contributed by atoms with E-state index in [9.17, 15) is 4.79 Å². The van der Waals surface area contributed by atoms with Gasteiger partial charge in [0.25, 0.3) is 0 Å². The average Bonchev–Trinajstić information content (AvgIpc) is 2.73. The molecule has 1 saturated carbocycles. The Kier molecular flexibility index (Phi) is 4.65. The molecular formula is C15H20ClNO. The molecule has 1 amide bonds. The highest BCUT2D eigenvalue weighted by molar-refractivity contribution is 6.21. The van der Waals surface area contributed by atoms with E-state index in [1.165, 1.54) is 11.1 Å². The van der Waals surface area contributed by atoms with Gasteiger partial charge in [0.15, 0.2) is 0 Å². The molecule has 98 valence electrons. The van der Waals surface area contributed by atoms with Gasteiger partial charge in [-0.1, -0.05) is 29.8 Å². The van der Waals surface area contributed by atoms with Crippen molar-refractivity contribution >= 4 is 17.5 Å². The quantitative estimate of drug-likeness (QED) is 0.833. The molecule has 0 aromatic heterocycles. The van der Waals surface area contributed by atoms with Crippen LogP contribution in [0.5, 0.6) is 0 Å². The van der Waals surface area contributed by atoms with Gasteiger partial charge in [-0.25, -0.2) is 0 Å². The van der Waals surface area contributed by atoms with E-state index in [0.29, 0.717) is 6.42 Å². The van der Waals surface area contributed by atoms with Crippen LogP contribution < -0.4 is 5.32 Å². The zero-order chi connectivity index (χ0) is 13.0. The molecule has 1 aromatic rings. The lowest BCUT2D eigenvalue weighted by Crippen LogP contribution is -2.37. The van der Waals surface area contributed by atoms with E-state index < -0.39 is 0 Å². The second-order valence-corrected chi connectivity index (χ2v) is 5.67. The van der Waals surface area contributed by atoms with Crippen molar-refractivity contribution in [1.82, 2.24) is 5.32 Å². The highest BCUT2D eigenvalue weighted by Crippen LogP contribution is 2.24. The summed E-state index contributed by atoms with van der Waals surface area (Å²) in [7, 11) is 0. The van der Waals surface area contributed by atoms with Crippen LogP contribution in [0.1, 0.15) is 36.8 Å². The molecule has 0 saturated heterocycles. The summed E-state index contributed by atoms with van der Waals surface area (Å²) in [5.41, 5.74) is 2.46. The van der Waals surface area contributed by atoms with E-state index in [1.54, 1.807) is 0 Å². The van der Waals surface area contributed by atoms with Crippen molar-refractivity contribution in [3.63, 3.8) is 0 Å². The van der Waals surface area contributed by atoms with Gasteiger partial charge in [-0.15, -0.1) is 11.6 Å². The smallest absolute Gasteiger partial charge is 0.220 e. The van der Waals surface area contributed by atoms with Crippen molar-refractivity contribution < 1.29 is 4.79 Å². The van der Waals surface area contributed by atoms with Crippen LogP contribution in [-0.2, 0) is 11.2 Å². The van der Waals surface area contributed by atoms with Gasteiger partial charge < -0.3 is 5.32 Å². The van der Waals surface area contributed by atoms with Crippen LogP contribution in [0.2, 0.25) is 0 Å². The molecule has 1 aromatic carbocycles. The molecule has 0 spiro atoms. The van der Waals surface area contributed by atoms with Gasteiger partial charge in [0.2, 0.25) is 5.91 Å². The monoisotopic (exact) mass is 265 g/mol.